The van der Waals surface area contributed by atoms with Crippen LogP contribution in [-0.2, 0) is 6.42 Å². The van der Waals surface area contributed by atoms with Crippen molar-refractivity contribution in [1.29, 1.82) is 0 Å². The summed E-state index contributed by atoms with van der Waals surface area (Å²) in [5.74, 6) is 2.00. The fourth-order valence-electron chi connectivity index (χ4n) is 3.53. The third kappa shape index (κ3) is 4.24. The highest BCUT2D eigenvalue weighted by Gasteiger charge is 2.28. The summed E-state index contributed by atoms with van der Waals surface area (Å²) in [5, 5.41) is 7.15. The molecule has 0 amide bonds. The second kappa shape index (κ2) is 8.32. The normalized spacial score (nSPS) is 15.5. The Kier molecular flexibility index (Phi) is 5.59. The molecule has 4 rings (SSSR count). The minimum atomic E-state index is 0.0560. The van der Waals surface area contributed by atoms with Crippen molar-refractivity contribution in [1.82, 2.24) is 9.97 Å². The number of nitrogens with one attached hydrogen (secondary N) is 2. The minimum Gasteiger partial charge on any atom is -0.497 e. The molecule has 2 N–H and O–H groups in total. The topological polar surface area (TPSA) is 76.1 Å². The van der Waals surface area contributed by atoms with Gasteiger partial charge in [-0.15, -0.1) is 0 Å². The molecule has 1 atom stereocenters. The largest absolute Gasteiger partial charge is 0.497 e. The lowest BCUT2D eigenvalue weighted by Crippen LogP contribution is -2.22. The van der Waals surface area contributed by atoms with Crippen molar-refractivity contribution < 1.29 is 9.53 Å². The number of halogens is 1. The van der Waals surface area contributed by atoms with Crippen molar-refractivity contribution in [2.75, 3.05) is 17.7 Å². The molecule has 0 saturated heterocycles. The quantitative estimate of drug-likeness (QED) is 0.549. The first-order chi connectivity index (χ1) is 14.4. The Labute approximate surface area is 180 Å². The van der Waals surface area contributed by atoms with E-state index in [1.807, 2.05) is 49.4 Å². The monoisotopic (exact) mass is 422 g/mol. The zero-order chi connectivity index (χ0) is 21.3. The van der Waals surface area contributed by atoms with E-state index in [4.69, 9.17) is 16.3 Å². The van der Waals surface area contributed by atoms with Crippen LogP contribution < -0.4 is 15.4 Å². The highest BCUT2D eigenvalue weighted by atomic mass is 35.5. The van der Waals surface area contributed by atoms with Crippen molar-refractivity contribution in [3.63, 3.8) is 0 Å². The molecule has 1 aromatic heterocycles. The van der Waals surface area contributed by atoms with Crippen molar-refractivity contribution in [2.24, 2.45) is 5.92 Å². The molecule has 2 aromatic carbocycles. The van der Waals surface area contributed by atoms with Gasteiger partial charge in [0.15, 0.2) is 5.78 Å². The van der Waals surface area contributed by atoms with Crippen LogP contribution in [0.15, 0.2) is 42.5 Å². The molecule has 1 heterocycles. The highest BCUT2D eigenvalue weighted by Crippen LogP contribution is 2.32. The maximum Gasteiger partial charge on any atom is 0.229 e. The summed E-state index contributed by atoms with van der Waals surface area (Å²) in [6, 6.07) is 13.2. The molecule has 0 radical (unpaired) electrons. The van der Waals surface area contributed by atoms with E-state index < -0.39 is 0 Å². The lowest BCUT2D eigenvalue weighted by Gasteiger charge is -2.23. The molecule has 0 saturated carbocycles. The van der Waals surface area contributed by atoms with E-state index >= 15 is 0 Å². The highest BCUT2D eigenvalue weighted by molar-refractivity contribution is 6.31. The fourth-order valence-corrected chi connectivity index (χ4v) is 3.71. The van der Waals surface area contributed by atoms with Gasteiger partial charge in [-0.1, -0.05) is 24.6 Å². The SMILES string of the molecule is COc1ccc(Nc2nc3c(c(Nc4ccc(C)c(Cl)c4)n2)C(=O)CC(C)C3)cc1. The van der Waals surface area contributed by atoms with Gasteiger partial charge in [0.05, 0.1) is 18.4 Å². The smallest absolute Gasteiger partial charge is 0.229 e. The standard InChI is InChI=1S/C23H23ClN4O2/c1-13-10-19-21(20(29)11-13)22(25-16-5-4-14(2)18(24)12-16)28-23(27-19)26-15-6-8-17(30-3)9-7-15/h4-9,12-13H,10-11H2,1-3H3,(H2,25,26,27,28). The molecule has 154 valence electrons. The third-order valence-corrected chi connectivity index (χ3v) is 5.53. The number of fused-ring (bicyclic) bond motifs is 1. The van der Waals surface area contributed by atoms with Crippen molar-refractivity contribution in [3.8, 4) is 5.75 Å². The van der Waals surface area contributed by atoms with E-state index in [2.05, 4.69) is 27.5 Å². The molecule has 0 spiro atoms. The second-order valence-corrected chi connectivity index (χ2v) is 8.00. The predicted molar refractivity (Wildman–Crippen MR) is 120 cm³/mol. The summed E-state index contributed by atoms with van der Waals surface area (Å²) in [4.78, 5) is 22.1. The molecule has 1 aliphatic rings. The maximum absolute atomic E-state index is 12.8. The van der Waals surface area contributed by atoms with Gasteiger partial charge in [0.2, 0.25) is 5.95 Å². The molecule has 1 unspecified atom stereocenters. The molecule has 3 aromatic rings. The zero-order valence-corrected chi connectivity index (χ0v) is 17.9. The Morgan fingerprint density at radius 1 is 1.03 bits per heavy atom. The number of Topliss-reactive ketones (excluding diaryl/α,β-unsaturated/α-hetero) is 1. The van der Waals surface area contributed by atoms with Gasteiger partial charge >= 0.3 is 0 Å². The van der Waals surface area contributed by atoms with Crippen LogP contribution in [0.2, 0.25) is 5.02 Å². The number of nitrogens with zero attached hydrogens (tertiary/aromatic N) is 2. The number of benzene rings is 2. The fraction of sp³-hybridized carbons (Fsp3) is 0.261. The lowest BCUT2D eigenvalue weighted by molar-refractivity contribution is 0.0953. The summed E-state index contributed by atoms with van der Waals surface area (Å²) in [7, 11) is 1.63. The van der Waals surface area contributed by atoms with E-state index in [1.165, 1.54) is 0 Å². The molecule has 0 bridgehead atoms. The number of hydrogen-bond acceptors (Lipinski definition) is 6. The molecule has 30 heavy (non-hydrogen) atoms. The van der Waals surface area contributed by atoms with Crippen LogP contribution in [-0.4, -0.2) is 22.9 Å². The Balaban J connectivity index is 1.72. The number of ether oxygens (including phenoxy) is 1. The van der Waals surface area contributed by atoms with E-state index in [0.29, 0.717) is 28.8 Å². The molecule has 1 aliphatic carbocycles. The molecule has 6 nitrogen and oxygen atoms in total. The Bertz CT molecular complexity index is 1100. The summed E-state index contributed by atoms with van der Waals surface area (Å²) in [5.41, 5.74) is 3.90. The van der Waals surface area contributed by atoms with Gasteiger partial charge in [-0.05, 0) is 61.2 Å². The van der Waals surface area contributed by atoms with Gasteiger partial charge < -0.3 is 15.4 Å². The summed E-state index contributed by atoms with van der Waals surface area (Å²) in [6.45, 7) is 4.01. The van der Waals surface area contributed by atoms with Crippen LogP contribution in [0.25, 0.3) is 0 Å². The average molecular weight is 423 g/mol. The van der Waals surface area contributed by atoms with Gasteiger partial charge in [0, 0.05) is 22.8 Å². The lowest BCUT2D eigenvalue weighted by atomic mass is 9.87. The van der Waals surface area contributed by atoms with Gasteiger partial charge in [0.25, 0.3) is 0 Å². The Morgan fingerprint density at radius 3 is 2.47 bits per heavy atom. The average Bonchev–Trinajstić information content (AvgIpc) is 2.70. The Hall–Kier alpha value is -3.12. The first-order valence-electron chi connectivity index (χ1n) is 9.81. The Morgan fingerprint density at radius 2 is 1.77 bits per heavy atom. The molecular formula is C23H23ClN4O2. The van der Waals surface area contributed by atoms with Gasteiger partial charge in [-0.2, -0.15) is 4.98 Å². The summed E-state index contributed by atoms with van der Waals surface area (Å²) < 4.78 is 5.20. The van der Waals surface area contributed by atoms with Crippen LogP contribution in [0.3, 0.4) is 0 Å². The first-order valence-corrected chi connectivity index (χ1v) is 10.2. The van der Waals surface area contributed by atoms with Crippen LogP contribution in [0.1, 0.15) is 35.0 Å². The van der Waals surface area contributed by atoms with Gasteiger partial charge in [0.1, 0.15) is 11.6 Å². The third-order valence-electron chi connectivity index (χ3n) is 5.12. The molecule has 0 fully saturated rings. The molecular weight excluding hydrogens is 400 g/mol. The molecule has 0 aliphatic heterocycles. The van der Waals surface area contributed by atoms with Crippen molar-refractivity contribution in [3.05, 3.63) is 64.3 Å². The van der Waals surface area contributed by atoms with E-state index in [9.17, 15) is 4.79 Å². The van der Waals surface area contributed by atoms with Gasteiger partial charge in [-0.25, -0.2) is 4.98 Å². The van der Waals surface area contributed by atoms with Gasteiger partial charge in [-0.3, -0.25) is 4.79 Å². The number of anilines is 4. The van der Waals surface area contributed by atoms with Crippen LogP contribution in [0, 0.1) is 12.8 Å². The van der Waals surface area contributed by atoms with Crippen LogP contribution in [0.5, 0.6) is 5.75 Å². The van der Waals surface area contributed by atoms with E-state index in [-0.39, 0.29) is 11.7 Å². The summed E-state index contributed by atoms with van der Waals surface area (Å²) in [6.07, 6.45) is 1.22. The number of methoxy groups -OCH3 is 1. The van der Waals surface area contributed by atoms with E-state index in [0.717, 1.165) is 34.8 Å². The number of ketones is 1. The number of aryl methyl sites for hydroxylation is 1. The number of carbonyl (C=O) groups excluding carboxylic acids is 1. The maximum atomic E-state index is 12.8. The second-order valence-electron chi connectivity index (χ2n) is 7.60. The van der Waals surface area contributed by atoms with Crippen LogP contribution in [0.4, 0.5) is 23.1 Å². The molecule has 7 heteroatoms. The predicted octanol–water partition coefficient (Wildman–Crippen LogP) is 5.70. The first kappa shape index (κ1) is 20.2. The number of hydrogen-bond donors (Lipinski definition) is 2. The number of carbonyl (C=O) groups is 1. The zero-order valence-electron chi connectivity index (χ0n) is 17.1. The number of rotatable bonds is 5. The minimum absolute atomic E-state index is 0.0560. The van der Waals surface area contributed by atoms with E-state index in [1.54, 1.807) is 7.11 Å². The summed E-state index contributed by atoms with van der Waals surface area (Å²) >= 11 is 6.27. The van der Waals surface area contributed by atoms with Crippen molar-refractivity contribution >= 4 is 40.5 Å². The van der Waals surface area contributed by atoms with Crippen molar-refractivity contribution in [2.45, 2.75) is 26.7 Å². The number of aromatic nitrogens is 2. The van der Waals surface area contributed by atoms with Crippen LogP contribution >= 0.6 is 11.6 Å².